The van der Waals surface area contributed by atoms with Gasteiger partial charge in [-0.05, 0) is 58.7 Å². The van der Waals surface area contributed by atoms with Crippen LogP contribution in [0.2, 0.25) is 0 Å². The molecular formula is C23H35N3O3. The van der Waals surface area contributed by atoms with Gasteiger partial charge in [-0.3, -0.25) is 0 Å². The Morgan fingerprint density at radius 1 is 1.21 bits per heavy atom. The van der Waals surface area contributed by atoms with Gasteiger partial charge in [0.25, 0.3) is 0 Å². The Morgan fingerprint density at radius 3 is 2.55 bits per heavy atom. The van der Waals surface area contributed by atoms with E-state index in [0.717, 1.165) is 34.8 Å². The Morgan fingerprint density at radius 2 is 1.93 bits per heavy atom. The molecular weight excluding hydrogens is 366 g/mol. The number of nitrogens with one attached hydrogen (secondary N) is 2. The van der Waals surface area contributed by atoms with Crippen molar-refractivity contribution in [2.75, 3.05) is 13.1 Å². The van der Waals surface area contributed by atoms with E-state index in [1.165, 1.54) is 0 Å². The minimum atomic E-state index is -1.06. The van der Waals surface area contributed by atoms with E-state index in [1.807, 2.05) is 46.8 Å². The maximum absolute atomic E-state index is 10.9. The standard InChI is InChI=1S/C23H35N3O3/c1-7-24-22(26-15-23(6,27)21-11-17(4)29-18(21)5)25-13-19-9-8-10-20(12-19)14-28-16(2)3/h8-12,16,27H,7,13-15H2,1-6H3,(H2,24,25,26). The third-order valence-electron chi connectivity index (χ3n) is 4.56. The highest BCUT2D eigenvalue weighted by Gasteiger charge is 2.27. The van der Waals surface area contributed by atoms with Crippen LogP contribution in [-0.4, -0.2) is 30.3 Å². The average molecular weight is 402 g/mol. The normalized spacial score (nSPS) is 14.1. The van der Waals surface area contributed by atoms with Gasteiger partial charge in [-0.15, -0.1) is 0 Å². The Labute approximate surface area is 174 Å². The number of nitrogens with zero attached hydrogens (tertiary/aromatic N) is 1. The molecule has 0 aliphatic carbocycles. The van der Waals surface area contributed by atoms with Gasteiger partial charge in [-0.1, -0.05) is 24.3 Å². The van der Waals surface area contributed by atoms with Crippen LogP contribution in [0.5, 0.6) is 0 Å². The molecule has 1 aromatic carbocycles. The molecule has 6 heteroatoms. The summed E-state index contributed by atoms with van der Waals surface area (Å²) in [5, 5.41) is 17.4. The first-order valence-electron chi connectivity index (χ1n) is 10.2. The fourth-order valence-corrected chi connectivity index (χ4v) is 3.11. The average Bonchev–Trinajstić information content (AvgIpc) is 3.02. The zero-order valence-electron chi connectivity index (χ0n) is 18.5. The number of aliphatic hydroxyl groups is 1. The second-order valence-electron chi connectivity index (χ2n) is 7.83. The second kappa shape index (κ2) is 10.5. The number of benzene rings is 1. The molecule has 3 N–H and O–H groups in total. The summed E-state index contributed by atoms with van der Waals surface area (Å²) in [6, 6.07) is 10.1. The van der Waals surface area contributed by atoms with Crippen LogP contribution >= 0.6 is 0 Å². The van der Waals surface area contributed by atoms with Gasteiger partial charge in [-0.25, -0.2) is 4.99 Å². The van der Waals surface area contributed by atoms with Crippen molar-refractivity contribution in [3.8, 4) is 0 Å². The first-order chi connectivity index (χ1) is 13.7. The lowest BCUT2D eigenvalue weighted by Crippen LogP contribution is -2.44. The number of furan rings is 1. The third-order valence-corrected chi connectivity index (χ3v) is 4.56. The fourth-order valence-electron chi connectivity index (χ4n) is 3.11. The van der Waals surface area contributed by atoms with Gasteiger partial charge in [0.15, 0.2) is 5.96 Å². The Kier molecular flexibility index (Phi) is 8.29. The van der Waals surface area contributed by atoms with Gasteiger partial charge in [0.1, 0.15) is 17.1 Å². The number of aryl methyl sites for hydroxylation is 2. The molecule has 1 atom stereocenters. The van der Waals surface area contributed by atoms with Crippen molar-refractivity contribution >= 4 is 5.96 Å². The van der Waals surface area contributed by atoms with E-state index in [2.05, 4.69) is 33.8 Å². The smallest absolute Gasteiger partial charge is 0.191 e. The van der Waals surface area contributed by atoms with Gasteiger partial charge < -0.3 is 24.9 Å². The van der Waals surface area contributed by atoms with Crippen LogP contribution in [-0.2, 0) is 23.5 Å². The minimum Gasteiger partial charge on any atom is -0.466 e. The lowest BCUT2D eigenvalue weighted by molar-refractivity contribution is 0.0601. The summed E-state index contributed by atoms with van der Waals surface area (Å²) in [4.78, 5) is 4.66. The summed E-state index contributed by atoms with van der Waals surface area (Å²) >= 11 is 0. The van der Waals surface area contributed by atoms with Crippen LogP contribution in [0.3, 0.4) is 0 Å². The third kappa shape index (κ3) is 7.22. The summed E-state index contributed by atoms with van der Waals surface area (Å²) in [5.41, 5.74) is 1.97. The number of ether oxygens (including phenoxy) is 1. The van der Waals surface area contributed by atoms with E-state index in [0.29, 0.717) is 25.7 Å². The summed E-state index contributed by atoms with van der Waals surface area (Å²) in [6.45, 7) is 13.8. The molecule has 2 aromatic rings. The van der Waals surface area contributed by atoms with Crippen LogP contribution in [0.1, 0.15) is 55.9 Å². The van der Waals surface area contributed by atoms with Crippen molar-refractivity contribution in [1.29, 1.82) is 0 Å². The number of guanidine groups is 1. The van der Waals surface area contributed by atoms with Crippen molar-refractivity contribution in [3.05, 3.63) is 58.5 Å². The fraction of sp³-hybridized carbons (Fsp3) is 0.522. The largest absolute Gasteiger partial charge is 0.466 e. The van der Waals surface area contributed by atoms with Gasteiger partial charge in [0.2, 0.25) is 0 Å². The summed E-state index contributed by atoms with van der Waals surface area (Å²) in [7, 11) is 0. The molecule has 160 valence electrons. The number of hydrogen-bond donors (Lipinski definition) is 3. The molecule has 0 aliphatic heterocycles. The van der Waals surface area contributed by atoms with Crippen molar-refractivity contribution in [3.63, 3.8) is 0 Å². The Hall–Kier alpha value is -2.31. The Bertz CT molecular complexity index is 809. The molecule has 0 saturated carbocycles. The SMILES string of the molecule is CCNC(=NCc1cccc(COC(C)C)c1)NCC(C)(O)c1cc(C)oc1C. The van der Waals surface area contributed by atoms with E-state index in [9.17, 15) is 5.11 Å². The maximum atomic E-state index is 10.9. The molecule has 0 saturated heterocycles. The lowest BCUT2D eigenvalue weighted by atomic mass is 9.96. The monoisotopic (exact) mass is 401 g/mol. The van der Waals surface area contributed by atoms with Gasteiger partial charge >= 0.3 is 0 Å². The maximum Gasteiger partial charge on any atom is 0.191 e. The molecule has 1 heterocycles. The van der Waals surface area contributed by atoms with Crippen LogP contribution in [0.4, 0.5) is 0 Å². The van der Waals surface area contributed by atoms with E-state index in [-0.39, 0.29) is 6.10 Å². The molecule has 0 radical (unpaired) electrons. The summed E-state index contributed by atoms with van der Waals surface area (Å²) in [6.07, 6.45) is 0.205. The predicted octanol–water partition coefficient (Wildman–Crippen LogP) is 3.78. The molecule has 0 amide bonds. The molecule has 2 rings (SSSR count). The number of aliphatic imine (C=N–C) groups is 1. The quantitative estimate of drug-likeness (QED) is 0.440. The zero-order chi connectivity index (χ0) is 21.4. The van der Waals surface area contributed by atoms with Crippen LogP contribution in [0.15, 0.2) is 39.7 Å². The highest BCUT2D eigenvalue weighted by atomic mass is 16.5. The summed E-state index contributed by atoms with van der Waals surface area (Å²) < 4.78 is 11.2. The number of hydrogen-bond acceptors (Lipinski definition) is 4. The predicted molar refractivity (Wildman–Crippen MR) is 117 cm³/mol. The van der Waals surface area contributed by atoms with Crippen molar-refractivity contribution in [1.82, 2.24) is 10.6 Å². The molecule has 0 aliphatic rings. The topological polar surface area (TPSA) is 79.0 Å². The van der Waals surface area contributed by atoms with Gasteiger partial charge in [0.05, 0.1) is 25.8 Å². The highest BCUT2D eigenvalue weighted by Crippen LogP contribution is 2.26. The van der Waals surface area contributed by atoms with Crippen molar-refractivity contribution in [2.45, 2.75) is 66.4 Å². The van der Waals surface area contributed by atoms with Crippen molar-refractivity contribution in [2.24, 2.45) is 4.99 Å². The molecule has 0 bridgehead atoms. The van der Waals surface area contributed by atoms with E-state index < -0.39 is 5.60 Å². The Balaban J connectivity index is 2.02. The molecule has 0 spiro atoms. The molecule has 0 fully saturated rings. The van der Waals surface area contributed by atoms with E-state index >= 15 is 0 Å². The van der Waals surface area contributed by atoms with Crippen LogP contribution in [0, 0.1) is 13.8 Å². The highest BCUT2D eigenvalue weighted by molar-refractivity contribution is 5.79. The van der Waals surface area contributed by atoms with E-state index in [4.69, 9.17) is 9.15 Å². The van der Waals surface area contributed by atoms with Gasteiger partial charge in [0, 0.05) is 12.1 Å². The molecule has 1 unspecified atom stereocenters. The molecule has 29 heavy (non-hydrogen) atoms. The van der Waals surface area contributed by atoms with Gasteiger partial charge in [-0.2, -0.15) is 0 Å². The molecule has 6 nitrogen and oxygen atoms in total. The van der Waals surface area contributed by atoms with Crippen molar-refractivity contribution < 1.29 is 14.3 Å². The van der Waals surface area contributed by atoms with Crippen LogP contribution < -0.4 is 10.6 Å². The first kappa shape index (κ1) is 23.0. The van der Waals surface area contributed by atoms with Crippen LogP contribution in [0.25, 0.3) is 0 Å². The zero-order valence-corrected chi connectivity index (χ0v) is 18.5. The van der Waals surface area contributed by atoms with E-state index in [1.54, 1.807) is 6.92 Å². The lowest BCUT2D eigenvalue weighted by Gasteiger charge is -2.24. The first-order valence-corrected chi connectivity index (χ1v) is 10.2. The molecule has 1 aromatic heterocycles. The summed E-state index contributed by atoms with van der Waals surface area (Å²) in [5.74, 6) is 2.19. The second-order valence-corrected chi connectivity index (χ2v) is 7.83. The number of rotatable bonds is 9. The minimum absolute atomic E-state index is 0.205.